The molecule has 0 spiro atoms. The van der Waals surface area contributed by atoms with Crippen LogP contribution in [0.5, 0.6) is 0 Å². The Labute approximate surface area is 128 Å². The molecular formula is C14H19ClN4O2. The van der Waals surface area contributed by atoms with Crippen LogP contribution in [0.25, 0.3) is 0 Å². The Morgan fingerprint density at radius 3 is 2.62 bits per heavy atom. The molecule has 1 aromatic heterocycles. The lowest BCUT2D eigenvalue weighted by molar-refractivity contribution is -0.150. The molecule has 1 aromatic rings. The fourth-order valence-corrected chi connectivity index (χ4v) is 3.27. The van der Waals surface area contributed by atoms with Gasteiger partial charge in [0.05, 0.1) is 23.0 Å². The van der Waals surface area contributed by atoms with Crippen LogP contribution >= 0.6 is 11.6 Å². The number of carbonyl (C=O) groups excluding carboxylic acids is 2. The Morgan fingerprint density at radius 1 is 1.43 bits per heavy atom. The van der Waals surface area contributed by atoms with Gasteiger partial charge in [-0.15, -0.1) is 0 Å². The van der Waals surface area contributed by atoms with E-state index < -0.39 is 5.54 Å². The monoisotopic (exact) mass is 310 g/mol. The second kappa shape index (κ2) is 4.73. The SMILES string of the molecule is Cc1nn(C)c(CN2CC(=O)NC(C)(C3CC3)C2=O)c1Cl. The first-order valence-electron chi connectivity index (χ1n) is 7.11. The van der Waals surface area contributed by atoms with E-state index in [0.29, 0.717) is 11.6 Å². The van der Waals surface area contributed by atoms with E-state index in [-0.39, 0.29) is 24.3 Å². The van der Waals surface area contributed by atoms with Crippen molar-refractivity contribution in [1.29, 1.82) is 0 Å². The van der Waals surface area contributed by atoms with Gasteiger partial charge in [-0.2, -0.15) is 5.10 Å². The smallest absolute Gasteiger partial charge is 0.249 e. The first-order chi connectivity index (χ1) is 9.83. The van der Waals surface area contributed by atoms with Crippen molar-refractivity contribution in [1.82, 2.24) is 20.0 Å². The number of nitrogens with zero attached hydrogens (tertiary/aromatic N) is 3. The number of halogens is 1. The number of piperazine rings is 1. The van der Waals surface area contributed by atoms with Crippen LogP contribution in [0.4, 0.5) is 0 Å². The Balaban J connectivity index is 1.87. The van der Waals surface area contributed by atoms with E-state index in [1.165, 1.54) is 0 Å². The zero-order valence-corrected chi connectivity index (χ0v) is 13.2. The maximum atomic E-state index is 12.7. The summed E-state index contributed by atoms with van der Waals surface area (Å²) in [6, 6.07) is 0. The molecule has 1 N–H and O–H groups in total. The molecule has 3 rings (SSSR count). The quantitative estimate of drug-likeness (QED) is 0.906. The minimum Gasteiger partial charge on any atom is -0.340 e. The molecule has 1 saturated heterocycles. The topological polar surface area (TPSA) is 67.2 Å². The predicted octanol–water partition coefficient (Wildman–Crippen LogP) is 1.01. The molecule has 2 amide bonds. The average Bonchev–Trinajstić information content (AvgIpc) is 3.21. The fraction of sp³-hybridized carbons (Fsp3) is 0.643. The number of aromatic nitrogens is 2. The molecule has 7 heteroatoms. The molecule has 1 aliphatic carbocycles. The molecule has 1 saturated carbocycles. The van der Waals surface area contributed by atoms with Crippen LogP contribution in [0.3, 0.4) is 0 Å². The summed E-state index contributed by atoms with van der Waals surface area (Å²) in [5, 5.41) is 7.68. The van der Waals surface area contributed by atoms with Crippen molar-refractivity contribution < 1.29 is 9.59 Å². The van der Waals surface area contributed by atoms with Crippen molar-refractivity contribution >= 4 is 23.4 Å². The van der Waals surface area contributed by atoms with Crippen molar-refractivity contribution in [2.45, 2.75) is 38.8 Å². The zero-order valence-electron chi connectivity index (χ0n) is 12.4. The van der Waals surface area contributed by atoms with Gasteiger partial charge < -0.3 is 10.2 Å². The van der Waals surface area contributed by atoms with Gasteiger partial charge in [0.15, 0.2) is 0 Å². The lowest BCUT2D eigenvalue weighted by Gasteiger charge is -2.40. The fourth-order valence-electron chi connectivity index (χ4n) is 3.05. The van der Waals surface area contributed by atoms with E-state index in [4.69, 9.17) is 11.6 Å². The van der Waals surface area contributed by atoms with Crippen molar-refractivity contribution in [2.24, 2.45) is 13.0 Å². The summed E-state index contributed by atoms with van der Waals surface area (Å²) in [5.74, 6) is 0.110. The first-order valence-corrected chi connectivity index (χ1v) is 7.49. The third-order valence-electron chi connectivity index (χ3n) is 4.46. The van der Waals surface area contributed by atoms with Gasteiger partial charge in [-0.25, -0.2) is 0 Å². The molecule has 1 unspecified atom stereocenters. The summed E-state index contributed by atoms with van der Waals surface area (Å²) >= 11 is 6.24. The van der Waals surface area contributed by atoms with Gasteiger partial charge in [0, 0.05) is 7.05 Å². The molecule has 114 valence electrons. The van der Waals surface area contributed by atoms with E-state index in [1.807, 2.05) is 13.8 Å². The molecule has 6 nitrogen and oxygen atoms in total. The highest BCUT2D eigenvalue weighted by Crippen LogP contribution is 2.41. The molecule has 21 heavy (non-hydrogen) atoms. The maximum Gasteiger partial charge on any atom is 0.249 e. The van der Waals surface area contributed by atoms with Crippen molar-refractivity contribution in [3.8, 4) is 0 Å². The summed E-state index contributed by atoms with van der Waals surface area (Å²) < 4.78 is 1.67. The summed E-state index contributed by atoms with van der Waals surface area (Å²) in [6.07, 6.45) is 1.98. The van der Waals surface area contributed by atoms with Crippen LogP contribution in [0, 0.1) is 12.8 Å². The molecular weight excluding hydrogens is 292 g/mol. The second-order valence-electron chi connectivity index (χ2n) is 6.16. The van der Waals surface area contributed by atoms with Crippen LogP contribution in [0.15, 0.2) is 0 Å². The van der Waals surface area contributed by atoms with Gasteiger partial charge in [0.25, 0.3) is 0 Å². The van der Waals surface area contributed by atoms with Gasteiger partial charge in [0.1, 0.15) is 12.1 Å². The van der Waals surface area contributed by atoms with E-state index in [9.17, 15) is 9.59 Å². The van der Waals surface area contributed by atoms with Gasteiger partial charge in [-0.05, 0) is 32.6 Å². The number of nitrogens with one attached hydrogen (secondary N) is 1. The van der Waals surface area contributed by atoms with Gasteiger partial charge in [0.2, 0.25) is 11.8 Å². The third-order valence-corrected chi connectivity index (χ3v) is 4.95. The number of aryl methyl sites for hydroxylation is 2. The molecule has 0 aromatic carbocycles. The van der Waals surface area contributed by atoms with E-state index in [2.05, 4.69) is 10.4 Å². The van der Waals surface area contributed by atoms with Crippen molar-refractivity contribution in [3.05, 3.63) is 16.4 Å². The molecule has 1 atom stereocenters. The van der Waals surface area contributed by atoms with Gasteiger partial charge in [-0.1, -0.05) is 11.6 Å². The first kappa shape index (κ1) is 14.4. The zero-order chi connectivity index (χ0) is 15.4. The molecule has 2 fully saturated rings. The second-order valence-corrected chi connectivity index (χ2v) is 6.53. The van der Waals surface area contributed by atoms with E-state index in [0.717, 1.165) is 24.2 Å². The predicted molar refractivity (Wildman–Crippen MR) is 77.6 cm³/mol. The third kappa shape index (κ3) is 2.31. The van der Waals surface area contributed by atoms with Gasteiger partial charge >= 0.3 is 0 Å². The lowest BCUT2D eigenvalue weighted by atomic mass is 9.91. The normalized spacial score (nSPS) is 26.2. The molecule has 2 aliphatic rings. The Hall–Kier alpha value is -1.56. The minimum atomic E-state index is -0.768. The number of hydrogen-bond donors (Lipinski definition) is 1. The summed E-state index contributed by atoms with van der Waals surface area (Å²) in [5.41, 5.74) is 0.721. The number of amides is 2. The molecule has 0 radical (unpaired) electrons. The largest absolute Gasteiger partial charge is 0.340 e. The summed E-state index contributed by atoms with van der Waals surface area (Å²) in [4.78, 5) is 26.3. The van der Waals surface area contributed by atoms with Crippen molar-refractivity contribution in [2.75, 3.05) is 6.54 Å². The van der Waals surface area contributed by atoms with E-state index >= 15 is 0 Å². The van der Waals surface area contributed by atoms with Crippen LogP contribution in [-0.4, -0.2) is 38.6 Å². The standard InChI is InChI=1S/C14H19ClN4O2/c1-8-12(15)10(18(3)17-8)6-19-7-11(20)16-14(2,13(19)21)9-4-5-9/h9H,4-7H2,1-3H3,(H,16,20). The Kier molecular flexibility index (Phi) is 3.24. The van der Waals surface area contributed by atoms with E-state index in [1.54, 1.807) is 16.6 Å². The summed E-state index contributed by atoms with van der Waals surface area (Å²) in [6.45, 7) is 4.03. The maximum absolute atomic E-state index is 12.7. The van der Waals surface area contributed by atoms with Gasteiger partial charge in [-0.3, -0.25) is 14.3 Å². The summed E-state index contributed by atoms with van der Waals surface area (Å²) in [7, 11) is 1.79. The van der Waals surface area contributed by atoms with Crippen LogP contribution < -0.4 is 5.32 Å². The van der Waals surface area contributed by atoms with Crippen LogP contribution in [0.1, 0.15) is 31.2 Å². The van der Waals surface area contributed by atoms with Crippen LogP contribution in [-0.2, 0) is 23.2 Å². The Bertz CT molecular complexity index is 623. The molecule has 2 heterocycles. The number of hydrogen-bond acceptors (Lipinski definition) is 3. The Morgan fingerprint density at radius 2 is 2.10 bits per heavy atom. The highest BCUT2D eigenvalue weighted by Gasteiger charge is 2.52. The average molecular weight is 311 g/mol. The van der Waals surface area contributed by atoms with Crippen LogP contribution in [0.2, 0.25) is 5.02 Å². The van der Waals surface area contributed by atoms with Crippen molar-refractivity contribution in [3.63, 3.8) is 0 Å². The molecule has 1 aliphatic heterocycles. The highest BCUT2D eigenvalue weighted by molar-refractivity contribution is 6.31. The minimum absolute atomic E-state index is 0.0282. The number of rotatable bonds is 3. The number of carbonyl (C=O) groups is 2. The lowest BCUT2D eigenvalue weighted by Crippen LogP contribution is -2.66. The molecule has 0 bridgehead atoms. The highest BCUT2D eigenvalue weighted by atomic mass is 35.5.